The second-order valence-electron chi connectivity index (χ2n) is 2.91. The monoisotopic (exact) mass is 212 g/mol. The van der Waals surface area contributed by atoms with Crippen molar-refractivity contribution >= 4 is 21.7 Å². The molecule has 0 bridgehead atoms. The number of pyridine rings is 1. The molecule has 3 heteroatoms. The summed E-state index contributed by atoms with van der Waals surface area (Å²) >= 11 is 3.39. The molecule has 1 atom stereocenters. The fourth-order valence-corrected chi connectivity index (χ4v) is 1.76. The molecule has 0 aliphatic carbocycles. The molecule has 1 aliphatic heterocycles. The highest BCUT2D eigenvalue weighted by molar-refractivity contribution is 9.10. The van der Waals surface area contributed by atoms with Gasteiger partial charge in [-0.2, -0.15) is 0 Å². The Morgan fingerprint density at radius 2 is 2.55 bits per heavy atom. The maximum atomic E-state index is 4.25. The SMILES string of the molecule is C[C@@H]1Cc2cc(Br)cnc2N1. The van der Waals surface area contributed by atoms with Crippen molar-refractivity contribution in [2.75, 3.05) is 5.32 Å². The first-order valence-corrected chi connectivity index (χ1v) is 4.46. The Labute approximate surface area is 74.2 Å². The summed E-state index contributed by atoms with van der Waals surface area (Å²) in [6.45, 7) is 2.16. The van der Waals surface area contributed by atoms with Crippen LogP contribution < -0.4 is 5.32 Å². The number of hydrogen-bond donors (Lipinski definition) is 1. The van der Waals surface area contributed by atoms with E-state index in [1.807, 2.05) is 6.20 Å². The van der Waals surface area contributed by atoms with Crippen LogP contribution in [0, 0.1) is 0 Å². The molecule has 2 rings (SSSR count). The van der Waals surface area contributed by atoms with Gasteiger partial charge in [-0.3, -0.25) is 0 Å². The van der Waals surface area contributed by atoms with Crippen molar-refractivity contribution in [3.8, 4) is 0 Å². The molecule has 0 unspecified atom stereocenters. The van der Waals surface area contributed by atoms with E-state index < -0.39 is 0 Å². The average Bonchev–Trinajstić information content (AvgIpc) is 2.27. The molecule has 0 amide bonds. The van der Waals surface area contributed by atoms with E-state index in [9.17, 15) is 0 Å². The summed E-state index contributed by atoms with van der Waals surface area (Å²) in [5.41, 5.74) is 1.31. The maximum Gasteiger partial charge on any atom is 0.129 e. The summed E-state index contributed by atoms with van der Waals surface area (Å²) in [5, 5.41) is 3.29. The van der Waals surface area contributed by atoms with Gasteiger partial charge in [0.25, 0.3) is 0 Å². The van der Waals surface area contributed by atoms with Gasteiger partial charge in [0.15, 0.2) is 0 Å². The minimum Gasteiger partial charge on any atom is -0.367 e. The number of hydrogen-bond acceptors (Lipinski definition) is 2. The van der Waals surface area contributed by atoms with E-state index in [-0.39, 0.29) is 0 Å². The Bertz CT molecular complexity index is 285. The van der Waals surface area contributed by atoms with Gasteiger partial charge >= 0.3 is 0 Å². The van der Waals surface area contributed by atoms with Crippen LogP contribution in [0.2, 0.25) is 0 Å². The summed E-state index contributed by atoms with van der Waals surface area (Å²) in [7, 11) is 0. The van der Waals surface area contributed by atoms with Gasteiger partial charge in [0.05, 0.1) is 0 Å². The van der Waals surface area contributed by atoms with Crippen molar-refractivity contribution in [3.05, 3.63) is 22.3 Å². The van der Waals surface area contributed by atoms with Crippen LogP contribution in [0.5, 0.6) is 0 Å². The van der Waals surface area contributed by atoms with Crippen LogP contribution in [0.3, 0.4) is 0 Å². The predicted molar refractivity (Wildman–Crippen MR) is 48.7 cm³/mol. The lowest BCUT2D eigenvalue weighted by atomic mass is 10.2. The lowest BCUT2D eigenvalue weighted by Crippen LogP contribution is -2.08. The summed E-state index contributed by atoms with van der Waals surface area (Å²) in [4.78, 5) is 4.25. The van der Waals surface area contributed by atoms with E-state index in [0.29, 0.717) is 6.04 Å². The van der Waals surface area contributed by atoms with Crippen molar-refractivity contribution in [2.45, 2.75) is 19.4 Å². The van der Waals surface area contributed by atoms with Crippen LogP contribution >= 0.6 is 15.9 Å². The topological polar surface area (TPSA) is 24.9 Å². The van der Waals surface area contributed by atoms with Crippen molar-refractivity contribution < 1.29 is 0 Å². The van der Waals surface area contributed by atoms with Crippen LogP contribution in [-0.2, 0) is 6.42 Å². The molecular formula is C8H9BrN2. The van der Waals surface area contributed by atoms with Crippen LogP contribution in [-0.4, -0.2) is 11.0 Å². The molecule has 1 aromatic rings. The average molecular weight is 213 g/mol. The van der Waals surface area contributed by atoms with Crippen molar-refractivity contribution in [1.82, 2.24) is 4.98 Å². The Morgan fingerprint density at radius 1 is 1.73 bits per heavy atom. The molecule has 11 heavy (non-hydrogen) atoms. The highest BCUT2D eigenvalue weighted by Crippen LogP contribution is 2.25. The van der Waals surface area contributed by atoms with Gasteiger partial charge in [-0.05, 0) is 40.9 Å². The fraction of sp³-hybridized carbons (Fsp3) is 0.375. The molecule has 0 saturated heterocycles. The lowest BCUT2D eigenvalue weighted by molar-refractivity contribution is 0.838. The number of rotatable bonds is 0. The van der Waals surface area contributed by atoms with Crippen LogP contribution in [0.15, 0.2) is 16.7 Å². The predicted octanol–water partition coefficient (Wildman–Crippen LogP) is 2.20. The molecule has 1 aliphatic rings. The van der Waals surface area contributed by atoms with Gasteiger partial charge in [0, 0.05) is 16.7 Å². The number of fused-ring (bicyclic) bond motifs is 1. The Hall–Kier alpha value is -0.570. The molecule has 58 valence electrons. The molecule has 0 fully saturated rings. The third-order valence-corrected chi connectivity index (χ3v) is 2.28. The smallest absolute Gasteiger partial charge is 0.129 e. The first-order valence-electron chi connectivity index (χ1n) is 3.66. The van der Waals surface area contributed by atoms with Crippen LogP contribution in [0.4, 0.5) is 5.82 Å². The molecule has 0 spiro atoms. The molecule has 1 N–H and O–H groups in total. The molecule has 0 radical (unpaired) electrons. The maximum absolute atomic E-state index is 4.25. The van der Waals surface area contributed by atoms with Crippen LogP contribution in [0.25, 0.3) is 0 Å². The first-order chi connectivity index (χ1) is 5.25. The zero-order chi connectivity index (χ0) is 7.84. The van der Waals surface area contributed by atoms with E-state index in [1.165, 1.54) is 5.56 Å². The molecule has 0 aromatic carbocycles. The molecule has 2 heterocycles. The minimum absolute atomic E-state index is 0.534. The van der Waals surface area contributed by atoms with E-state index >= 15 is 0 Å². The van der Waals surface area contributed by atoms with E-state index in [0.717, 1.165) is 16.7 Å². The normalized spacial score (nSPS) is 21.1. The zero-order valence-corrected chi connectivity index (χ0v) is 7.85. The standard InChI is InChI=1S/C8H9BrN2/c1-5-2-6-3-7(9)4-10-8(6)11-5/h3-5H,2H2,1H3,(H,10,11)/t5-/m1/s1. The third kappa shape index (κ3) is 1.25. The Balaban J connectivity index is 2.43. The van der Waals surface area contributed by atoms with Gasteiger partial charge < -0.3 is 5.32 Å². The van der Waals surface area contributed by atoms with Gasteiger partial charge in [-0.25, -0.2) is 4.98 Å². The highest BCUT2D eigenvalue weighted by Gasteiger charge is 2.17. The Morgan fingerprint density at radius 3 is 3.36 bits per heavy atom. The molecule has 0 saturated carbocycles. The van der Waals surface area contributed by atoms with E-state index in [2.05, 4.69) is 39.2 Å². The quantitative estimate of drug-likeness (QED) is 0.714. The number of nitrogens with one attached hydrogen (secondary N) is 1. The first kappa shape index (κ1) is 7.10. The van der Waals surface area contributed by atoms with Crippen molar-refractivity contribution in [3.63, 3.8) is 0 Å². The summed E-state index contributed by atoms with van der Waals surface area (Å²) in [6.07, 6.45) is 2.91. The van der Waals surface area contributed by atoms with Gasteiger partial charge in [0.1, 0.15) is 5.82 Å². The third-order valence-electron chi connectivity index (χ3n) is 1.84. The number of nitrogens with zero attached hydrogens (tertiary/aromatic N) is 1. The highest BCUT2D eigenvalue weighted by atomic mass is 79.9. The number of aromatic nitrogens is 1. The van der Waals surface area contributed by atoms with Crippen molar-refractivity contribution in [2.24, 2.45) is 0 Å². The second-order valence-corrected chi connectivity index (χ2v) is 3.83. The molecular weight excluding hydrogens is 204 g/mol. The van der Waals surface area contributed by atoms with E-state index in [4.69, 9.17) is 0 Å². The molecule has 2 nitrogen and oxygen atoms in total. The summed E-state index contributed by atoms with van der Waals surface area (Å²) in [6, 6.07) is 2.66. The fourth-order valence-electron chi connectivity index (χ4n) is 1.38. The van der Waals surface area contributed by atoms with Gasteiger partial charge in [-0.1, -0.05) is 0 Å². The second kappa shape index (κ2) is 2.48. The zero-order valence-electron chi connectivity index (χ0n) is 6.26. The number of anilines is 1. The summed E-state index contributed by atoms with van der Waals surface area (Å²) in [5.74, 6) is 1.04. The Kier molecular flexibility index (Phi) is 1.60. The van der Waals surface area contributed by atoms with Crippen molar-refractivity contribution in [1.29, 1.82) is 0 Å². The number of halogens is 1. The lowest BCUT2D eigenvalue weighted by Gasteiger charge is -1.99. The summed E-state index contributed by atoms with van der Waals surface area (Å²) < 4.78 is 1.06. The van der Waals surface area contributed by atoms with Gasteiger partial charge in [-0.15, -0.1) is 0 Å². The van der Waals surface area contributed by atoms with Gasteiger partial charge in [0.2, 0.25) is 0 Å². The minimum atomic E-state index is 0.534. The molecule has 1 aromatic heterocycles. The van der Waals surface area contributed by atoms with Crippen LogP contribution in [0.1, 0.15) is 12.5 Å². The largest absolute Gasteiger partial charge is 0.367 e. The van der Waals surface area contributed by atoms with E-state index in [1.54, 1.807) is 0 Å².